The van der Waals surface area contributed by atoms with Crippen LogP contribution in [0.25, 0.3) is 0 Å². The van der Waals surface area contributed by atoms with Crippen molar-refractivity contribution in [3.05, 3.63) is 51.8 Å². The molecule has 3 nitrogen and oxygen atoms in total. The summed E-state index contributed by atoms with van der Waals surface area (Å²) < 4.78 is 3.02. The maximum atomic E-state index is 4.39. The molecular weight excluding hydrogens is 290 g/mol. The lowest BCUT2D eigenvalue weighted by atomic mass is 10.1. The third-order valence-electron chi connectivity index (χ3n) is 3.48. The molecule has 1 N–H and O–H groups in total. The number of nitrogens with zero attached hydrogens (tertiary/aromatic N) is 2. The minimum Gasteiger partial charge on any atom is -0.304 e. The predicted molar refractivity (Wildman–Crippen MR) is 75.3 cm³/mol. The van der Waals surface area contributed by atoms with E-state index in [0.717, 1.165) is 18.7 Å². The smallest absolute Gasteiger partial charge is 0.0762 e. The summed E-state index contributed by atoms with van der Waals surface area (Å²) in [5.74, 6) is 0. The van der Waals surface area contributed by atoms with Gasteiger partial charge in [-0.25, -0.2) is 0 Å². The van der Waals surface area contributed by atoms with Crippen molar-refractivity contribution in [1.82, 2.24) is 15.1 Å². The molecule has 1 heterocycles. The van der Waals surface area contributed by atoms with E-state index in [4.69, 9.17) is 0 Å². The number of fused-ring (bicyclic) bond motifs is 1. The first-order valence-corrected chi connectivity index (χ1v) is 7.02. The number of nitrogens with one attached hydrogen (secondary N) is 1. The van der Waals surface area contributed by atoms with Crippen molar-refractivity contribution in [2.75, 3.05) is 0 Å². The highest BCUT2D eigenvalue weighted by molar-refractivity contribution is 9.10. The molecule has 0 aliphatic heterocycles. The van der Waals surface area contributed by atoms with Crippen LogP contribution in [0.5, 0.6) is 0 Å². The second-order valence-electron chi connectivity index (χ2n) is 4.80. The lowest BCUT2D eigenvalue weighted by Gasteiger charge is -2.13. The Bertz CT molecular complexity index is 562. The molecule has 2 aromatic rings. The average molecular weight is 306 g/mol. The first-order valence-electron chi connectivity index (χ1n) is 6.22. The van der Waals surface area contributed by atoms with Gasteiger partial charge in [-0.3, -0.25) is 4.68 Å². The van der Waals surface area contributed by atoms with Gasteiger partial charge in [0.25, 0.3) is 0 Å². The Hall–Kier alpha value is -1.13. The van der Waals surface area contributed by atoms with Crippen LogP contribution < -0.4 is 5.32 Å². The molecule has 0 bridgehead atoms. The van der Waals surface area contributed by atoms with Crippen molar-refractivity contribution in [1.29, 1.82) is 0 Å². The Morgan fingerprint density at radius 1 is 1.44 bits per heavy atom. The summed E-state index contributed by atoms with van der Waals surface area (Å²) in [6, 6.07) is 9.11. The Morgan fingerprint density at radius 3 is 3.11 bits per heavy atom. The lowest BCUT2D eigenvalue weighted by molar-refractivity contribution is 0.522. The molecule has 3 rings (SSSR count). The number of hydrogen-bond acceptors (Lipinski definition) is 2. The highest BCUT2D eigenvalue weighted by atomic mass is 79.9. The van der Waals surface area contributed by atoms with Crippen molar-refractivity contribution < 1.29 is 0 Å². The largest absolute Gasteiger partial charge is 0.304 e. The second kappa shape index (κ2) is 4.86. The Labute approximate surface area is 115 Å². The van der Waals surface area contributed by atoms with E-state index in [1.807, 2.05) is 17.9 Å². The van der Waals surface area contributed by atoms with Crippen molar-refractivity contribution >= 4 is 15.9 Å². The van der Waals surface area contributed by atoms with Crippen LogP contribution in [0.4, 0.5) is 0 Å². The van der Waals surface area contributed by atoms with Gasteiger partial charge in [-0.05, 0) is 42.2 Å². The average Bonchev–Trinajstić information content (AvgIpc) is 2.92. The Morgan fingerprint density at radius 2 is 2.33 bits per heavy atom. The molecule has 1 atom stereocenters. The van der Waals surface area contributed by atoms with Gasteiger partial charge in [0, 0.05) is 30.3 Å². The number of aryl methyl sites for hydroxylation is 2. The molecule has 18 heavy (non-hydrogen) atoms. The van der Waals surface area contributed by atoms with E-state index in [2.05, 4.69) is 50.6 Å². The summed E-state index contributed by atoms with van der Waals surface area (Å²) in [6.45, 7) is 0.834. The van der Waals surface area contributed by atoms with Gasteiger partial charge < -0.3 is 5.32 Å². The van der Waals surface area contributed by atoms with E-state index in [9.17, 15) is 0 Å². The van der Waals surface area contributed by atoms with Crippen molar-refractivity contribution in [3.63, 3.8) is 0 Å². The van der Waals surface area contributed by atoms with E-state index in [0.29, 0.717) is 6.04 Å². The highest BCUT2D eigenvalue weighted by Crippen LogP contribution is 2.32. The quantitative estimate of drug-likeness (QED) is 0.945. The van der Waals surface area contributed by atoms with E-state index in [-0.39, 0.29) is 0 Å². The van der Waals surface area contributed by atoms with Crippen LogP contribution in [0.15, 0.2) is 34.9 Å². The summed E-state index contributed by atoms with van der Waals surface area (Å²) in [5.41, 5.74) is 4.00. The predicted octanol–water partition coefficient (Wildman–Crippen LogP) is 2.96. The number of hydrogen-bond donors (Lipinski definition) is 1. The number of halogens is 1. The number of aromatic nitrogens is 2. The summed E-state index contributed by atoms with van der Waals surface area (Å²) in [5, 5.41) is 7.98. The van der Waals surface area contributed by atoms with Crippen LogP contribution in [0.3, 0.4) is 0 Å². The van der Waals surface area contributed by atoms with Crippen LogP contribution >= 0.6 is 15.9 Å². The topological polar surface area (TPSA) is 29.9 Å². The first kappa shape index (κ1) is 11.9. The van der Waals surface area contributed by atoms with Gasteiger partial charge in [0.05, 0.1) is 5.69 Å². The minimum absolute atomic E-state index is 0.468. The molecule has 1 aromatic carbocycles. The molecule has 0 amide bonds. The Balaban J connectivity index is 1.69. The fourth-order valence-electron chi connectivity index (χ4n) is 2.58. The summed E-state index contributed by atoms with van der Waals surface area (Å²) in [4.78, 5) is 0. The molecule has 0 spiro atoms. The molecule has 94 valence electrons. The van der Waals surface area contributed by atoms with Gasteiger partial charge in [-0.2, -0.15) is 5.10 Å². The van der Waals surface area contributed by atoms with E-state index >= 15 is 0 Å². The maximum absolute atomic E-state index is 4.39. The number of rotatable bonds is 3. The summed E-state index contributed by atoms with van der Waals surface area (Å²) >= 11 is 3.53. The number of benzene rings is 1. The zero-order valence-electron chi connectivity index (χ0n) is 10.4. The minimum atomic E-state index is 0.468. The standard InChI is InChI=1S/C14H16BrN3/c1-18-7-6-12(17-18)9-16-14-5-2-10-8-11(15)3-4-13(10)14/h3-4,6-8,14,16H,2,5,9H2,1H3. The fourth-order valence-corrected chi connectivity index (χ4v) is 2.99. The molecule has 0 saturated heterocycles. The van der Waals surface area contributed by atoms with Crippen molar-refractivity contribution in [2.24, 2.45) is 7.05 Å². The molecule has 0 fully saturated rings. The van der Waals surface area contributed by atoms with Gasteiger partial charge in [0.15, 0.2) is 0 Å². The molecule has 4 heteroatoms. The van der Waals surface area contributed by atoms with Crippen LogP contribution in [0, 0.1) is 0 Å². The van der Waals surface area contributed by atoms with Gasteiger partial charge in [-0.15, -0.1) is 0 Å². The van der Waals surface area contributed by atoms with Gasteiger partial charge >= 0.3 is 0 Å². The molecule has 0 radical (unpaired) electrons. The molecule has 1 aromatic heterocycles. The van der Waals surface area contributed by atoms with E-state index in [1.165, 1.54) is 22.0 Å². The van der Waals surface area contributed by atoms with E-state index < -0.39 is 0 Å². The van der Waals surface area contributed by atoms with Crippen LogP contribution in [0.1, 0.15) is 29.3 Å². The van der Waals surface area contributed by atoms with Gasteiger partial charge in [-0.1, -0.05) is 22.0 Å². The van der Waals surface area contributed by atoms with Gasteiger partial charge in [0.2, 0.25) is 0 Å². The van der Waals surface area contributed by atoms with Crippen molar-refractivity contribution in [2.45, 2.75) is 25.4 Å². The molecule has 0 saturated carbocycles. The first-order chi connectivity index (χ1) is 8.72. The second-order valence-corrected chi connectivity index (χ2v) is 5.71. The summed E-state index contributed by atoms with van der Waals surface area (Å²) in [6.07, 6.45) is 4.32. The monoisotopic (exact) mass is 305 g/mol. The van der Waals surface area contributed by atoms with Crippen molar-refractivity contribution in [3.8, 4) is 0 Å². The SMILES string of the molecule is Cn1ccc(CNC2CCc3cc(Br)ccc32)n1. The molecular formula is C14H16BrN3. The molecule has 1 aliphatic rings. The zero-order valence-corrected chi connectivity index (χ0v) is 11.9. The van der Waals surface area contributed by atoms with E-state index in [1.54, 1.807) is 0 Å². The van der Waals surface area contributed by atoms with Crippen LogP contribution in [0.2, 0.25) is 0 Å². The third kappa shape index (κ3) is 2.35. The van der Waals surface area contributed by atoms with Crippen LogP contribution in [-0.2, 0) is 20.0 Å². The molecule has 1 aliphatic carbocycles. The van der Waals surface area contributed by atoms with Gasteiger partial charge in [0.1, 0.15) is 0 Å². The zero-order chi connectivity index (χ0) is 12.5. The summed E-state index contributed by atoms with van der Waals surface area (Å²) in [7, 11) is 1.95. The fraction of sp³-hybridized carbons (Fsp3) is 0.357. The van der Waals surface area contributed by atoms with Crippen LogP contribution in [-0.4, -0.2) is 9.78 Å². The Kier molecular flexibility index (Phi) is 3.22. The highest BCUT2D eigenvalue weighted by Gasteiger charge is 2.21. The normalized spacial score (nSPS) is 18.0. The maximum Gasteiger partial charge on any atom is 0.0762 e. The molecule has 1 unspecified atom stereocenters. The third-order valence-corrected chi connectivity index (χ3v) is 3.97. The lowest BCUT2D eigenvalue weighted by Crippen LogP contribution is -2.19.